The largest absolute Gasteiger partial charge is 0.356 e. The van der Waals surface area contributed by atoms with Gasteiger partial charge in [-0.05, 0) is 56.2 Å². The number of piperidine rings is 1. The third-order valence-corrected chi connectivity index (χ3v) is 5.40. The quantitative estimate of drug-likeness (QED) is 0.597. The molecule has 0 aromatic heterocycles. The summed E-state index contributed by atoms with van der Waals surface area (Å²) in [7, 11) is 1.87. The lowest BCUT2D eigenvalue weighted by molar-refractivity contribution is 0.232. The minimum absolute atomic E-state index is 0.436. The van der Waals surface area contributed by atoms with Crippen molar-refractivity contribution in [1.29, 1.82) is 0 Å². The van der Waals surface area contributed by atoms with Gasteiger partial charge in [0.25, 0.3) is 0 Å². The van der Waals surface area contributed by atoms with E-state index >= 15 is 0 Å². The van der Waals surface area contributed by atoms with Crippen molar-refractivity contribution in [3.05, 3.63) is 35.9 Å². The summed E-state index contributed by atoms with van der Waals surface area (Å²) in [6.45, 7) is 5.63. The van der Waals surface area contributed by atoms with E-state index in [0.717, 1.165) is 25.6 Å². The normalized spacial score (nSPS) is 20.6. The molecule has 1 aromatic rings. The molecule has 0 unspecified atom stereocenters. The van der Waals surface area contributed by atoms with Gasteiger partial charge in [-0.2, -0.15) is 0 Å². The van der Waals surface area contributed by atoms with E-state index in [1.807, 2.05) is 7.05 Å². The number of nitrogens with zero attached hydrogens (tertiary/aromatic N) is 2. The molecule has 24 heavy (non-hydrogen) atoms. The van der Waals surface area contributed by atoms with E-state index < -0.39 is 0 Å². The molecule has 2 aliphatic rings. The molecule has 1 aliphatic heterocycles. The zero-order valence-corrected chi connectivity index (χ0v) is 15.1. The van der Waals surface area contributed by atoms with Gasteiger partial charge in [0, 0.05) is 26.7 Å². The predicted octanol–water partition coefficient (Wildman–Crippen LogP) is 2.66. The first-order valence-electron chi connectivity index (χ1n) is 9.51. The number of hydrogen-bond donors (Lipinski definition) is 2. The van der Waals surface area contributed by atoms with Crippen LogP contribution >= 0.6 is 0 Å². The Labute approximate surface area is 146 Å². The summed E-state index contributed by atoms with van der Waals surface area (Å²) in [6.07, 6.45) is 7.92. The highest BCUT2D eigenvalue weighted by molar-refractivity contribution is 5.79. The van der Waals surface area contributed by atoms with Crippen LogP contribution in [0.15, 0.2) is 35.3 Å². The second-order valence-electron chi connectivity index (χ2n) is 7.42. The van der Waals surface area contributed by atoms with Crippen molar-refractivity contribution in [2.24, 2.45) is 10.4 Å². The zero-order chi connectivity index (χ0) is 16.7. The van der Waals surface area contributed by atoms with Crippen molar-refractivity contribution >= 4 is 5.96 Å². The molecule has 2 N–H and O–H groups in total. The van der Waals surface area contributed by atoms with Gasteiger partial charge in [0.15, 0.2) is 5.96 Å². The van der Waals surface area contributed by atoms with Gasteiger partial charge in [-0.1, -0.05) is 36.8 Å². The van der Waals surface area contributed by atoms with Crippen molar-refractivity contribution in [2.45, 2.75) is 38.5 Å². The molecule has 0 amide bonds. The Morgan fingerprint density at radius 1 is 1.08 bits per heavy atom. The maximum Gasteiger partial charge on any atom is 0.191 e. The predicted molar refractivity (Wildman–Crippen MR) is 101 cm³/mol. The number of likely N-dealkylation sites (tertiary alicyclic amines) is 1. The van der Waals surface area contributed by atoms with Gasteiger partial charge < -0.3 is 15.5 Å². The molecule has 1 aliphatic carbocycles. The molecule has 0 spiro atoms. The zero-order valence-electron chi connectivity index (χ0n) is 15.1. The van der Waals surface area contributed by atoms with Crippen LogP contribution in [0.4, 0.5) is 0 Å². The Hall–Kier alpha value is -1.55. The molecule has 0 radical (unpaired) electrons. The first-order valence-corrected chi connectivity index (χ1v) is 9.51. The molecule has 4 nitrogen and oxygen atoms in total. The van der Waals surface area contributed by atoms with E-state index in [9.17, 15) is 0 Å². The fourth-order valence-corrected chi connectivity index (χ4v) is 3.63. The third-order valence-electron chi connectivity index (χ3n) is 5.40. The van der Waals surface area contributed by atoms with Crippen LogP contribution in [-0.4, -0.2) is 50.6 Å². The van der Waals surface area contributed by atoms with Crippen LogP contribution in [0.3, 0.4) is 0 Å². The summed E-state index contributed by atoms with van der Waals surface area (Å²) >= 11 is 0. The minimum atomic E-state index is 0.436. The van der Waals surface area contributed by atoms with E-state index in [1.165, 1.54) is 57.2 Å². The molecule has 0 atom stereocenters. The highest BCUT2D eigenvalue weighted by Crippen LogP contribution is 2.47. The van der Waals surface area contributed by atoms with Crippen LogP contribution in [0.5, 0.6) is 0 Å². The van der Waals surface area contributed by atoms with Crippen molar-refractivity contribution < 1.29 is 0 Å². The molecule has 1 heterocycles. The number of aliphatic imine (C=N–C) groups is 1. The van der Waals surface area contributed by atoms with Crippen molar-refractivity contribution in [3.63, 3.8) is 0 Å². The average Bonchev–Trinajstić information content (AvgIpc) is 3.39. The summed E-state index contributed by atoms with van der Waals surface area (Å²) in [5, 5.41) is 7.03. The molecule has 3 rings (SSSR count). The number of nitrogens with one attached hydrogen (secondary N) is 2. The van der Waals surface area contributed by atoms with E-state index in [-0.39, 0.29) is 0 Å². The minimum Gasteiger partial charge on any atom is -0.356 e. The molecule has 2 fully saturated rings. The maximum atomic E-state index is 4.38. The molecule has 4 heteroatoms. The van der Waals surface area contributed by atoms with E-state index in [4.69, 9.17) is 0 Å². The van der Waals surface area contributed by atoms with Gasteiger partial charge in [-0.25, -0.2) is 0 Å². The lowest BCUT2D eigenvalue weighted by atomic mass is 9.96. The molecule has 1 saturated heterocycles. The summed E-state index contributed by atoms with van der Waals surface area (Å²) in [6, 6.07) is 10.9. The second-order valence-corrected chi connectivity index (χ2v) is 7.42. The smallest absolute Gasteiger partial charge is 0.191 e. The average molecular weight is 329 g/mol. The first kappa shape index (κ1) is 17.3. The van der Waals surface area contributed by atoms with Gasteiger partial charge in [-0.3, -0.25) is 4.99 Å². The van der Waals surface area contributed by atoms with Crippen LogP contribution < -0.4 is 10.6 Å². The Balaban J connectivity index is 1.38. The standard InChI is InChI=1S/C20H32N4/c1-21-19(22-12-15-24-13-6-3-7-14-24)23-17-20(10-11-20)16-18-8-4-2-5-9-18/h2,4-5,8-9H,3,6-7,10-17H2,1H3,(H2,21,22,23). The molecular formula is C20H32N4. The van der Waals surface area contributed by atoms with Gasteiger partial charge in [0.05, 0.1) is 0 Å². The third kappa shape index (κ3) is 5.23. The SMILES string of the molecule is CN=C(NCCN1CCCCC1)NCC1(Cc2ccccc2)CC1. The summed E-state index contributed by atoms with van der Waals surface area (Å²) in [5.74, 6) is 0.950. The fourth-order valence-electron chi connectivity index (χ4n) is 3.63. The van der Waals surface area contributed by atoms with Crippen LogP contribution in [0.25, 0.3) is 0 Å². The number of hydrogen-bond acceptors (Lipinski definition) is 2. The monoisotopic (exact) mass is 328 g/mol. The number of rotatable bonds is 7. The highest BCUT2D eigenvalue weighted by Gasteiger charge is 2.42. The molecule has 0 bridgehead atoms. The highest BCUT2D eigenvalue weighted by atomic mass is 15.2. The van der Waals surface area contributed by atoms with E-state index in [0.29, 0.717) is 5.41 Å². The van der Waals surface area contributed by atoms with Crippen LogP contribution in [0, 0.1) is 5.41 Å². The van der Waals surface area contributed by atoms with Gasteiger partial charge in [-0.15, -0.1) is 0 Å². The Bertz CT molecular complexity index is 516. The molecule has 1 saturated carbocycles. The Kier molecular flexibility index (Phi) is 6.13. The first-order chi connectivity index (χ1) is 11.8. The van der Waals surface area contributed by atoms with E-state index in [1.54, 1.807) is 0 Å². The summed E-state index contributed by atoms with van der Waals surface area (Å²) in [4.78, 5) is 6.94. The molecule has 132 valence electrons. The lowest BCUT2D eigenvalue weighted by Crippen LogP contribution is -2.44. The van der Waals surface area contributed by atoms with Crippen molar-refractivity contribution in [2.75, 3.05) is 39.8 Å². The number of benzene rings is 1. The molecule has 1 aromatic carbocycles. The Morgan fingerprint density at radius 2 is 1.83 bits per heavy atom. The lowest BCUT2D eigenvalue weighted by Gasteiger charge is -2.26. The summed E-state index contributed by atoms with van der Waals surface area (Å²) in [5.41, 5.74) is 1.89. The molecular weight excluding hydrogens is 296 g/mol. The van der Waals surface area contributed by atoms with Gasteiger partial charge in [0.1, 0.15) is 0 Å². The van der Waals surface area contributed by atoms with Crippen LogP contribution in [0.1, 0.15) is 37.7 Å². The fraction of sp³-hybridized carbons (Fsp3) is 0.650. The maximum absolute atomic E-state index is 4.38. The van der Waals surface area contributed by atoms with Crippen molar-refractivity contribution in [1.82, 2.24) is 15.5 Å². The topological polar surface area (TPSA) is 39.7 Å². The van der Waals surface area contributed by atoms with Crippen LogP contribution in [0.2, 0.25) is 0 Å². The van der Waals surface area contributed by atoms with Gasteiger partial charge >= 0.3 is 0 Å². The Morgan fingerprint density at radius 3 is 2.50 bits per heavy atom. The second kappa shape index (κ2) is 8.52. The van der Waals surface area contributed by atoms with Gasteiger partial charge in [0.2, 0.25) is 0 Å². The number of guanidine groups is 1. The van der Waals surface area contributed by atoms with Crippen molar-refractivity contribution in [3.8, 4) is 0 Å². The summed E-state index contributed by atoms with van der Waals surface area (Å²) < 4.78 is 0. The van der Waals surface area contributed by atoms with Crippen LogP contribution in [-0.2, 0) is 6.42 Å². The van der Waals surface area contributed by atoms with E-state index in [2.05, 4.69) is 50.9 Å².